The van der Waals surface area contributed by atoms with Crippen molar-refractivity contribution in [1.29, 1.82) is 0 Å². The van der Waals surface area contributed by atoms with Gasteiger partial charge in [-0.3, -0.25) is 18.2 Å². The molecule has 0 radical (unpaired) electrons. The zero-order valence-corrected chi connectivity index (χ0v) is 13.6. The van der Waals surface area contributed by atoms with Crippen molar-refractivity contribution in [2.24, 2.45) is 0 Å². The molecule has 120 valence electrons. The lowest BCUT2D eigenvalue weighted by Gasteiger charge is -2.42. The summed E-state index contributed by atoms with van der Waals surface area (Å²) < 4.78 is 25.7. The lowest BCUT2D eigenvalue weighted by molar-refractivity contribution is -0.276. The predicted molar refractivity (Wildman–Crippen MR) is 71.0 cm³/mol. The molecular formula is C12H17BrO8. The molecule has 1 aliphatic rings. The van der Waals surface area contributed by atoms with E-state index in [0.717, 1.165) is 0 Å². The molecule has 0 amide bonds. The summed E-state index contributed by atoms with van der Waals surface area (Å²) in [5.74, 6) is -1.81. The molecule has 1 heterocycles. The second-order valence-electron chi connectivity index (χ2n) is 4.52. The summed E-state index contributed by atoms with van der Waals surface area (Å²) in [4.78, 5) is 33.7. The third-order valence-corrected chi connectivity index (χ3v) is 3.09. The molecule has 0 aliphatic carbocycles. The SMILES string of the molecule is CC(=O)O[C@@H]1[C@H](OC(C)=O)[C@@H](OC(C)=O)C(OBr)O[C@@H]1C. The van der Waals surface area contributed by atoms with Gasteiger partial charge in [0.1, 0.15) is 16.3 Å². The van der Waals surface area contributed by atoms with E-state index in [0.29, 0.717) is 0 Å². The molecule has 1 aliphatic heterocycles. The van der Waals surface area contributed by atoms with Gasteiger partial charge >= 0.3 is 17.9 Å². The number of carbonyl (C=O) groups is 3. The minimum absolute atomic E-state index is 0.576. The molecule has 0 N–H and O–H groups in total. The minimum atomic E-state index is -1.08. The van der Waals surface area contributed by atoms with Crippen LogP contribution in [0.1, 0.15) is 27.7 Å². The fourth-order valence-corrected chi connectivity index (χ4v) is 2.34. The van der Waals surface area contributed by atoms with Crippen LogP contribution in [0.15, 0.2) is 0 Å². The zero-order valence-electron chi connectivity index (χ0n) is 12.0. The summed E-state index contributed by atoms with van der Waals surface area (Å²) in [5, 5.41) is 0. The van der Waals surface area contributed by atoms with Crippen LogP contribution >= 0.6 is 16.3 Å². The monoisotopic (exact) mass is 368 g/mol. The van der Waals surface area contributed by atoms with E-state index in [9.17, 15) is 14.4 Å². The van der Waals surface area contributed by atoms with Gasteiger partial charge in [0.15, 0.2) is 18.3 Å². The summed E-state index contributed by atoms with van der Waals surface area (Å²) in [6, 6.07) is 0. The molecule has 0 spiro atoms. The Labute approximate surface area is 130 Å². The first-order chi connectivity index (χ1) is 9.76. The maximum absolute atomic E-state index is 11.3. The Hall–Kier alpha value is -1.19. The third-order valence-electron chi connectivity index (χ3n) is 2.72. The second kappa shape index (κ2) is 7.71. The number of esters is 3. The topological polar surface area (TPSA) is 97.4 Å². The number of rotatable bonds is 4. The van der Waals surface area contributed by atoms with Crippen molar-refractivity contribution in [1.82, 2.24) is 0 Å². The van der Waals surface area contributed by atoms with E-state index in [-0.39, 0.29) is 0 Å². The molecule has 8 nitrogen and oxygen atoms in total. The van der Waals surface area contributed by atoms with Crippen molar-refractivity contribution in [2.45, 2.75) is 58.4 Å². The molecule has 1 rings (SSSR count). The molecule has 1 saturated heterocycles. The Morgan fingerprint density at radius 1 is 0.857 bits per heavy atom. The van der Waals surface area contributed by atoms with Gasteiger partial charge in [0, 0.05) is 20.8 Å². The highest BCUT2D eigenvalue weighted by Gasteiger charge is 2.50. The highest BCUT2D eigenvalue weighted by Crippen LogP contribution is 2.29. The Morgan fingerprint density at radius 3 is 1.71 bits per heavy atom. The van der Waals surface area contributed by atoms with Crippen LogP contribution in [0.2, 0.25) is 0 Å². The second-order valence-corrected chi connectivity index (χ2v) is 4.89. The predicted octanol–water partition coefficient (Wildman–Crippen LogP) is 0.853. The number of ether oxygens (including phenoxy) is 4. The normalized spacial score (nSPS) is 32.1. The van der Waals surface area contributed by atoms with Crippen LogP contribution in [-0.4, -0.2) is 48.6 Å². The van der Waals surface area contributed by atoms with Crippen LogP contribution in [0.4, 0.5) is 0 Å². The van der Waals surface area contributed by atoms with E-state index in [2.05, 4.69) is 16.3 Å². The van der Waals surface area contributed by atoms with Crippen LogP contribution < -0.4 is 0 Å². The quantitative estimate of drug-likeness (QED) is 0.532. The molecule has 0 aromatic heterocycles. The van der Waals surface area contributed by atoms with E-state index in [4.69, 9.17) is 22.8 Å². The maximum atomic E-state index is 11.3. The lowest BCUT2D eigenvalue weighted by Crippen LogP contribution is -2.60. The van der Waals surface area contributed by atoms with Crippen LogP contribution in [0.25, 0.3) is 0 Å². The fourth-order valence-electron chi connectivity index (χ4n) is 2.04. The summed E-state index contributed by atoms with van der Waals surface area (Å²) in [5.41, 5.74) is 0. The molecule has 1 unspecified atom stereocenters. The lowest BCUT2D eigenvalue weighted by atomic mass is 9.99. The fraction of sp³-hybridized carbons (Fsp3) is 0.750. The van der Waals surface area contributed by atoms with Crippen molar-refractivity contribution in [3.63, 3.8) is 0 Å². The van der Waals surface area contributed by atoms with E-state index < -0.39 is 48.6 Å². The van der Waals surface area contributed by atoms with Gasteiger partial charge < -0.3 is 18.9 Å². The van der Waals surface area contributed by atoms with Crippen molar-refractivity contribution < 1.29 is 37.2 Å². The average Bonchev–Trinajstić information content (AvgIpc) is 2.35. The first-order valence-electron chi connectivity index (χ1n) is 6.20. The molecule has 9 heteroatoms. The zero-order chi connectivity index (χ0) is 16.2. The molecule has 5 atom stereocenters. The Kier molecular flexibility index (Phi) is 6.56. The van der Waals surface area contributed by atoms with Crippen LogP contribution in [0.5, 0.6) is 0 Å². The summed E-state index contributed by atoms with van der Waals surface area (Å²) in [6.07, 6.45) is -4.68. The Bertz CT molecular complexity index is 412. The van der Waals surface area contributed by atoms with Gasteiger partial charge in [-0.15, -0.1) is 0 Å². The van der Waals surface area contributed by atoms with E-state index in [1.165, 1.54) is 20.8 Å². The third kappa shape index (κ3) is 4.94. The molecule has 0 saturated carbocycles. The van der Waals surface area contributed by atoms with E-state index in [1.54, 1.807) is 6.92 Å². The summed E-state index contributed by atoms with van der Waals surface area (Å²) >= 11 is 2.77. The van der Waals surface area contributed by atoms with Crippen molar-refractivity contribution in [2.75, 3.05) is 0 Å². The first kappa shape index (κ1) is 17.9. The molecular weight excluding hydrogens is 352 g/mol. The van der Waals surface area contributed by atoms with Gasteiger partial charge in [-0.2, -0.15) is 0 Å². The van der Waals surface area contributed by atoms with E-state index in [1.807, 2.05) is 0 Å². The molecule has 21 heavy (non-hydrogen) atoms. The Balaban J connectivity index is 3.08. The largest absolute Gasteiger partial charge is 0.456 e. The molecule has 0 aromatic rings. The number of hydrogen-bond acceptors (Lipinski definition) is 8. The Morgan fingerprint density at radius 2 is 1.29 bits per heavy atom. The van der Waals surface area contributed by atoms with Crippen molar-refractivity contribution >= 4 is 34.2 Å². The standard InChI is InChI=1S/C12H17BrO8/c1-5-9(18-6(2)14)10(19-7(3)15)11(20-8(4)16)12(17-5)21-13/h5,9-12H,1-4H3/t5-,9+,10+,11-,12?/m1/s1. The molecule has 1 fully saturated rings. The van der Waals surface area contributed by atoms with Crippen molar-refractivity contribution in [3.05, 3.63) is 0 Å². The average molecular weight is 369 g/mol. The molecule has 0 aromatic carbocycles. The van der Waals surface area contributed by atoms with Gasteiger partial charge in [0.25, 0.3) is 0 Å². The summed E-state index contributed by atoms with van der Waals surface area (Å²) in [6.45, 7) is 5.22. The van der Waals surface area contributed by atoms with Crippen LogP contribution in [0.3, 0.4) is 0 Å². The highest BCUT2D eigenvalue weighted by atomic mass is 79.9. The van der Waals surface area contributed by atoms with Crippen molar-refractivity contribution in [3.8, 4) is 0 Å². The van der Waals surface area contributed by atoms with E-state index >= 15 is 0 Å². The van der Waals surface area contributed by atoms with Gasteiger partial charge in [0.2, 0.25) is 6.29 Å². The molecule has 0 bridgehead atoms. The van der Waals surface area contributed by atoms with Gasteiger partial charge in [-0.1, -0.05) is 0 Å². The van der Waals surface area contributed by atoms with Gasteiger partial charge in [-0.25, -0.2) is 0 Å². The van der Waals surface area contributed by atoms with Gasteiger partial charge in [-0.05, 0) is 6.92 Å². The smallest absolute Gasteiger partial charge is 0.303 e. The summed E-state index contributed by atoms with van der Waals surface area (Å²) in [7, 11) is 0. The first-order valence-corrected chi connectivity index (χ1v) is 6.85. The number of halogens is 1. The highest BCUT2D eigenvalue weighted by molar-refractivity contribution is 9.06. The number of hydrogen-bond donors (Lipinski definition) is 0. The maximum Gasteiger partial charge on any atom is 0.303 e. The van der Waals surface area contributed by atoms with Crippen LogP contribution in [-0.2, 0) is 37.2 Å². The number of carbonyl (C=O) groups excluding carboxylic acids is 3. The van der Waals surface area contributed by atoms with Gasteiger partial charge in [0.05, 0.1) is 6.10 Å². The van der Waals surface area contributed by atoms with Crippen LogP contribution in [0, 0.1) is 0 Å². The minimum Gasteiger partial charge on any atom is -0.456 e.